The number of fused-ring (bicyclic) bond motifs is 3. The van der Waals surface area contributed by atoms with Gasteiger partial charge in [-0.25, -0.2) is 0 Å². The SMILES string of the molecule is CC(=O)c1cc(C(C)=O)c2c(c1O)C(O)=C1C(=O)[C@]3(O)C(O)=C(CN)C(=O)C[C@@H]3C[C@@H]1C2. The van der Waals surface area contributed by atoms with Gasteiger partial charge in [0, 0.05) is 35.6 Å². The molecule has 6 N–H and O–H groups in total. The molecule has 9 heteroatoms. The van der Waals surface area contributed by atoms with Crippen LogP contribution in [0.25, 0.3) is 5.76 Å². The van der Waals surface area contributed by atoms with Gasteiger partial charge in [-0.3, -0.25) is 19.2 Å². The number of rotatable bonds is 3. The Morgan fingerprint density at radius 2 is 1.72 bits per heavy atom. The number of hydrogen-bond acceptors (Lipinski definition) is 9. The van der Waals surface area contributed by atoms with Gasteiger partial charge in [0.25, 0.3) is 0 Å². The molecule has 168 valence electrons. The minimum atomic E-state index is -2.43. The molecule has 0 heterocycles. The lowest BCUT2D eigenvalue weighted by atomic mass is 9.59. The summed E-state index contributed by atoms with van der Waals surface area (Å²) in [6.45, 7) is 2.11. The highest BCUT2D eigenvalue weighted by Gasteiger charge is 2.59. The van der Waals surface area contributed by atoms with Gasteiger partial charge < -0.3 is 26.2 Å². The molecule has 0 bridgehead atoms. The molecule has 0 aromatic heterocycles. The van der Waals surface area contributed by atoms with Crippen LogP contribution in [0, 0.1) is 11.8 Å². The highest BCUT2D eigenvalue weighted by atomic mass is 16.3. The average Bonchev–Trinajstić information content (AvgIpc) is 2.70. The smallest absolute Gasteiger partial charge is 0.202 e. The van der Waals surface area contributed by atoms with E-state index in [1.165, 1.54) is 19.9 Å². The Kier molecular flexibility index (Phi) is 4.87. The molecule has 1 saturated carbocycles. The third kappa shape index (κ3) is 2.71. The molecule has 9 nitrogen and oxygen atoms in total. The summed E-state index contributed by atoms with van der Waals surface area (Å²) in [6.07, 6.45) is -0.0677. The molecule has 4 rings (SSSR count). The molecule has 1 aromatic carbocycles. The quantitative estimate of drug-likeness (QED) is 0.433. The van der Waals surface area contributed by atoms with Crippen molar-refractivity contribution in [3.05, 3.63) is 45.2 Å². The summed E-state index contributed by atoms with van der Waals surface area (Å²) in [7, 11) is 0. The Morgan fingerprint density at radius 1 is 1.09 bits per heavy atom. The Labute approximate surface area is 182 Å². The van der Waals surface area contributed by atoms with E-state index >= 15 is 0 Å². The van der Waals surface area contributed by atoms with Gasteiger partial charge >= 0.3 is 0 Å². The predicted molar refractivity (Wildman–Crippen MR) is 111 cm³/mol. The number of aromatic hydroxyl groups is 1. The van der Waals surface area contributed by atoms with E-state index in [9.17, 15) is 39.6 Å². The molecule has 0 saturated heterocycles. The summed E-state index contributed by atoms with van der Waals surface area (Å²) in [5.41, 5.74) is 2.65. The molecule has 0 amide bonds. The summed E-state index contributed by atoms with van der Waals surface area (Å²) < 4.78 is 0. The number of phenols is 1. The molecule has 3 aliphatic rings. The summed E-state index contributed by atoms with van der Waals surface area (Å²) in [4.78, 5) is 50.1. The van der Waals surface area contributed by atoms with Crippen LogP contribution < -0.4 is 5.73 Å². The molecular weight excluding hydrogens is 418 g/mol. The fourth-order valence-corrected chi connectivity index (χ4v) is 5.29. The van der Waals surface area contributed by atoms with Crippen LogP contribution in [-0.2, 0) is 16.0 Å². The van der Waals surface area contributed by atoms with E-state index in [-0.39, 0.29) is 65.0 Å². The zero-order chi connectivity index (χ0) is 23.7. The molecule has 0 unspecified atom stereocenters. The van der Waals surface area contributed by atoms with Crippen molar-refractivity contribution in [2.75, 3.05) is 6.54 Å². The molecule has 0 radical (unpaired) electrons. The van der Waals surface area contributed by atoms with E-state index in [4.69, 9.17) is 5.73 Å². The van der Waals surface area contributed by atoms with Gasteiger partial charge in [0.2, 0.25) is 5.78 Å². The van der Waals surface area contributed by atoms with E-state index in [1.54, 1.807) is 0 Å². The van der Waals surface area contributed by atoms with E-state index < -0.39 is 52.1 Å². The third-order valence-corrected chi connectivity index (χ3v) is 6.89. The number of nitrogens with two attached hydrogens (primary N) is 1. The lowest BCUT2D eigenvalue weighted by Crippen LogP contribution is -2.57. The Morgan fingerprint density at radius 3 is 2.28 bits per heavy atom. The maximum absolute atomic E-state index is 13.4. The van der Waals surface area contributed by atoms with Crippen LogP contribution in [0.1, 0.15) is 58.5 Å². The van der Waals surface area contributed by atoms with Crippen molar-refractivity contribution in [3.63, 3.8) is 0 Å². The highest BCUT2D eigenvalue weighted by Crippen LogP contribution is 2.52. The summed E-state index contributed by atoms with van der Waals surface area (Å²) in [5.74, 6) is -6.03. The number of hydrogen-bond donors (Lipinski definition) is 5. The van der Waals surface area contributed by atoms with Crippen LogP contribution in [0.3, 0.4) is 0 Å². The summed E-state index contributed by atoms with van der Waals surface area (Å²) in [6, 6.07) is 1.27. The van der Waals surface area contributed by atoms with E-state index in [0.717, 1.165) is 0 Å². The van der Waals surface area contributed by atoms with Crippen molar-refractivity contribution in [1.82, 2.24) is 0 Å². The van der Waals surface area contributed by atoms with Gasteiger partial charge in [-0.2, -0.15) is 0 Å². The van der Waals surface area contributed by atoms with Crippen molar-refractivity contribution < 1.29 is 39.6 Å². The number of carbonyl (C=O) groups is 4. The minimum absolute atomic E-state index is 0.0656. The van der Waals surface area contributed by atoms with Crippen molar-refractivity contribution in [3.8, 4) is 5.75 Å². The Bertz CT molecular complexity index is 1190. The van der Waals surface area contributed by atoms with E-state index in [1.807, 2.05) is 0 Å². The molecule has 3 atom stereocenters. The van der Waals surface area contributed by atoms with E-state index in [2.05, 4.69) is 0 Å². The van der Waals surface area contributed by atoms with Gasteiger partial charge in [-0.05, 0) is 44.2 Å². The van der Waals surface area contributed by atoms with Gasteiger partial charge in [0.15, 0.2) is 23.0 Å². The molecule has 32 heavy (non-hydrogen) atoms. The molecule has 0 aliphatic heterocycles. The molecule has 3 aliphatic carbocycles. The van der Waals surface area contributed by atoms with Crippen LogP contribution in [-0.4, -0.2) is 55.7 Å². The zero-order valence-electron chi connectivity index (χ0n) is 17.6. The first kappa shape index (κ1) is 21.9. The molecule has 0 spiro atoms. The second kappa shape index (κ2) is 7.11. The normalized spacial score (nSPS) is 27.1. The second-order valence-electron chi connectivity index (χ2n) is 8.64. The Hall–Kier alpha value is -3.30. The highest BCUT2D eigenvalue weighted by molar-refractivity contribution is 6.14. The van der Waals surface area contributed by atoms with Gasteiger partial charge in [0.05, 0.1) is 11.1 Å². The van der Waals surface area contributed by atoms with Crippen LogP contribution in [0.4, 0.5) is 0 Å². The monoisotopic (exact) mass is 441 g/mol. The minimum Gasteiger partial charge on any atom is -0.508 e. The first-order valence-electron chi connectivity index (χ1n) is 10.2. The fourth-order valence-electron chi connectivity index (χ4n) is 5.29. The number of ketones is 4. The summed E-state index contributed by atoms with van der Waals surface area (Å²) >= 11 is 0. The predicted octanol–water partition coefficient (Wildman–Crippen LogP) is 1.30. The Balaban J connectivity index is 1.99. The van der Waals surface area contributed by atoms with Gasteiger partial charge in [-0.15, -0.1) is 0 Å². The number of aliphatic hydroxyl groups excluding tert-OH is 2. The van der Waals surface area contributed by atoms with Crippen molar-refractivity contribution in [2.24, 2.45) is 17.6 Å². The molecule has 1 fully saturated rings. The summed E-state index contributed by atoms with van der Waals surface area (Å²) in [5, 5.41) is 43.6. The molecular formula is C23H23NO8. The number of Topliss-reactive ketones (excluding diaryl/α,β-unsaturated/α-hetero) is 4. The van der Waals surface area contributed by atoms with Crippen LogP contribution >= 0.6 is 0 Å². The lowest BCUT2D eigenvalue weighted by molar-refractivity contribution is -0.147. The number of aliphatic hydroxyl groups is 3. The molecule has 1 aromatic rings. The fraction of sp³-hybridized carbons (Fsp3) is 0.391. The zero-order valence-corrected chi connectivity index (χ0v) is 17.6. The van der Waals surface area contributed by atoms with E-state index in [0.29, 0.717) is 0 Å². The van der Waals surface area contributed by atoms with Gasteiger partial charge in [-0.1, -0.05) is 0 Å². The standard InChI is InChI=1S/C23H23NO8/c1-8(25)12-6-13(9(2)26)19(28)18-14(12)4-10-3-11-5-16(27)15(7-24)21(30)23(11,32)22(31)17(10)20(18)29/h6,10-11,28-30,32H,3-5,7,24H2,1-2H3/t10-,11+,23-/m1/s1. The first-order valence-corrected chi connectivity index (χ1v) is 10.2. The average molecular weight is 441 g/mol. The van der Waals surface area contributed by atoms with Crippen LogP contribution in [0.5, 0.6) is 5.75 Å². The third-order valence-electron chi connectivity index (χ3n) is 6.89. The number of carbonyl (C=O) groups excluding carboxylic acids is 4. The maximum atomic E-state index is 13.4. The van der Waals surface area contributed by atoms with Crippen molar-refractivity contribution in [1.29, 1.82) is 0 Å². The van der Waals surface area contributed by atoms with Crippen molar-refractivity contribution >= 4 is 28.9 Å². The van der Waals surface area contributed by atoms with Crippen LogP contribution in [0.2, 0.25) is 0 Å². The van der Waals surface area contributed by atoms with Crippen LogP contribution in [0.15, 0.2) is 23.0 Å². The maximum Gasteiger partial charge on any atom is 0.202 e. The van der Waals surface area contributed by atoms with Gasteiger partial charge in [0.1, 0.15) is 17.3 Å². The largest absolute Gasteiger partial charge is 0.508 e. The van der Waals surface area contributed by atoms with Crippen molar-refractivity contribution in [2.45, 2.75) is 38.7 Å². The first-order chi connectivity index (χ1) is 14.9. The number of phenolic OH excluding ortho intramolecular Hbond substituents is 1. The second-order valence-corrected chi connectivity index (χ2v) is 8.64. The topological polar surface area (TPSA) is 175 Å². The lowest BCUT2D eigenvalue weighted by Gasteiger charge is -2.46. The number of benzene rings is 1.